The summed E-state index contributed by atoms with van der Waals surface area (Å²) in [4.78, 5) is 1.90. The smallest absolute Gasteiger partial charge is 0.0716 e. The maximum absolute atomic E-state index is 9.23. The fourth-order valence-corrected chi connectivity index (χ4v) is 1.62. The third kappa shape index (κ3) is 2.62. The predicted octanol–water partition coefficient (Wildman–Crippen LogP) is 1.65. The Labute approximate surface area is 94.9 Å². The van der Waals surface area contributed by atoms with Crippen LogP contribution in [0.15, 0.2) is 18.2 Å². The van der Waals surface area contributed by atoms with Gasteiger partial charge in [0.2, 0.25) is 0 Å². The molecule has 0 aliphatic rings. The third-order valence-electron chi connectivity index (χ3n) is 2.56. The van der Waals surface area contributed by atoms with Crippen molar-refractivity contribution in [3.8, 4) is 0 Å². The summed E-state index contributed by atoms with van der Waals surface area (Å²) in [6.07, 6.45) is 0. The number of likely N-dealkylation sites (N-methyl/N-ethyl adjacent to an activating group) is 1. The number of aliphatic hydroxyl groups excluding tert-OH is 2. The van der Waals surface area contributed by atoms with Crippen molar-refractivity contribution >= 4 is 17.3 Å². The molecule has 4 heteroatoms. The Morgan fingerprint density at radius 1 is 1.40 bits per heavy atom. The molecular weight excluding hydrogens is 214 g/mol. The van der Waals surface area contributed by atoms with E-state index in [0.29, 0.717) is 10.6 Å². The molecule has 0 radical (unpaired) electrons. The van der Waals surface area contributed by atoms with Gasteiger partial charge in [-0.15, -0.1) is 0 Å². The van der Waals surface area contributed by atoms with Gasteiger partial charge in [-0.2, -0.15) is 0 Å². The van der Waals surface area contributed by atoms with Crippen molar-refractivity contribution in [2.45, 2.75) is 19.6 Å². The lowest BCUT2D eigenvalue weighted by atomic mass is 10.1. The Morgan fingerprint density at radius 3 is 2.60 bits per heavy atom. The minimum atomic E-state index is -0.0997. The van der Waals surface area contributed by atoms with Crippen LogP contribution in [0, 0.1) is 0 Å². The van der Waals surface area contributed by atoms with E-state index in [0.717, 1.165) is 5.69 Å². The first kappa shape index (κ1) is 12.3. The standard InChI is InChI=1S/C11H16ClNO2/c1-8(6-14)13(2)11-5-3-4-10(12)9(11)7-15/h3-5,8,14-15H,6-7H2,1-2H3. The fraction of sp³-hybridized carbons (Fsp3) is 0.455. The fourth-order valence-electron chi connectivity index (χ4n) is 1.39. The van der Waals surface area contributed by atoms with E-state index in [1.165, 1.54) is 0 Å². The van der Waals surface area contributed by atoms with E-state index < -0.39 is 0 Å². The average Bonchev–Trinajstić information content (AvgIpc) is 2.26. The van der Waals surface area contributed by atoms with Crippen molar-refractivity contribution in [2.75, 3.05) is 18.6 Å². The van der Waals surface area contributed by atoms with Crippen molar-refractivity contribution in [1.29, 1.82) is 0 Å². The summed E-state index contributed by atoms with van der Waals surface area (Å²) >= 11 is 5.97. The molecule has 0 fully saturated rings. The van der Waals surface area contributed by atoms with Crippen molar-refractivity contribution in [1.82, 2.24) is 0 Å². The van der Waals surface area contributed by atoms with Crippen LogP contribution in [0.5, 0.6) is 0 Å². The highest BCUT2D eigenvalue weighted by atomic mass is 35.5. The monoisotopic (exact) mass is 229 g/mol. The molecule has 3 nitrogen and oxygen atoms in total. The molecule has 0 aliphatic heterocycles. The van der Waals surface area contributed by atoms with Crippen LogP contribution in [0.3, 0.4) is 0 Å². The molecule has 1 atom stereocenters. The number of benzene rings is 1. The van der Waals surface area contributed by atoms with E-state index in [4.69, 9.17) is 16.7 Å². The van der Waals surface area contributed by atoms with Gasteiger partial charge in [0.15, 0.2) is 0 Å². The lowest BCUT2D eigenvalue weighted by molar-refractivity contribution is 0.267. The first-order chi connectivity index (χ1) is 7.11. The summed E-state index contributed by atoms with van der Waals surface area (Å²) in [5.41, 5.74) is 1.55. The zero-order valence-corrected chi connectivity index (χ0v) is 9.70. The van der Waals surface area contributed by atoms with E-state index in [1.807, 2.05) is 31.0 Å². The maximum atomic E-state index is 9.23. The van der Waals surface area contributed by atoms with Gasteiger partial charge in [-0.3, -0.25) is 0 Å². The van der Waals surface area contributed by atoms with E-state index in [1.54, 1.807) is 6.07 Å². The molecular formula is C11H16ClNO2. The summed E-state index contributed by atoms with van der Waals surface area (Å²) in [7, 11) is 1.87. The largest absolute Gasteiger partial charge is 0.394 e. The number of nitrogens with zero attached hydrogens (tertiary/aromatic N) is 1. The predicted molar refractivity (Wildman–Crippen MR) is 62.3 cm³/mol. The highest BCUT2D eigenvalue weighted by Crippen LogP contribution is 2.27. The first-order valence-electron chi connectivity index (χ1n) is 4.83. The first-order valence-corrected chi connectivity index (χ1v) is 5.21. The summed E-state index contributed by atoms with van der Waals surface area (Å²) < 4.78 is 0. The molecule has 1 unspecified atom stereocenters. The molecule has 0 saturated carbocycles. The van der Waals surface area contributed by atoms with Gasteiger partial charge in [0.25, 0.3) is 0 Å². The Morgan fingerprint density at radius 2 is 2.07 bits per heavy atom. The molecule has 0 saturated heterocycles. The SMILES string of the molecule is CC(CO)N(C)c1cccc(Cl)c1CO. The highest BCUT2D eigenvalue weighted by molar-refractivity contribution is 6.31. The molecule has 1 rings (SSSR count). The van der Waals surface area contributed by atoms with Crippen LogP contribution < -0.4 is 4.90 Å². The summed E-state index contributed by atoms with van der Waals surface area (Å²) in [6.45, 7) is 1.87. The molecule has 15 heavy (non-hydrogen) atoms. The Bertz CT molecular complexity index is 330. The number of anilines is 1. The normalized spacial score (nSPS) is 12.6. The third-order valence-corrected chi connectivity index (χ3v) is 2.91. The van der Waals surface area contributed by atoms with Crippen molar-refractivity contribution in [3.05, 3.63) is 28.8 Å². The molecule has 1 aromatic rings. The van der Waals surface area contributed by atoms with Crippen LogP contribution in [-0.4, -0.2) is 29.9 Å². The molecule has 0 heterocycles. The topological polar surface area (TPSA) is 43.7 Å². The van der Waals surface area contributed by atoms with Gasteiger partial charge in [0.1, 0.15) is 0 Å². The van der Waals surface area contributed by atoms with E-state index in [-0.39, 0.29) is 19.3 Å². The maximum Gasteiger partial charge on any atom is 0.0716 e. The van der Waals surface area contributed by atoms with Gasteiger partial charge in [-0.25, -0.2) is 0 Å². The van der Waals surface area contributed by atoms with Gasteiger partial charge in [0, 0.05) is 29.4 Å². The quantitative estimate of drug-likeness (QED) is 0.825. The molecule has 0 aromatic heterocycles. The molecule has 1 aromatic carbocycles. The Hall–Kier alpha value is -0.770. The van der Waals surface area contributed by atoms with Gasteiger partial charge in [-0.05, 0) is 19.1 Å². The van der Waals surface area contributed by atoms with Gasteiger partial charge < -0.3 is 15.1 Å². The van der Waals surface area contributed by atoms with Crippen LogP contribution in [-0.2, 0) is 6.61 Å². The summed E-state index contributed by atoms with van der Waals surface area (Å²) in [5, 5.41) is 18.8. The molecule has 0 spiro atoms. The van der Waals surface area contributed by atoms with Crippen LogP contribution in [0.1, 0.15) is 12.5 Å². The number of hydrogen-bond acceptors (Lipinski definition) is 3. The van der Waals surface area contributed by atoms with E-state index in [9.17, 15) is 5.11 Å². The van der Waals surface area contributed by atoms with Crippen LogP contribution in [0.4, 0.5) is 5.69 Å². The number of aliphatic hydroxyl groups is 2. The van der Waals surface area contributed by atoms with Crippen molar-refractivity contribution < 1.29 is 10.2 Å². The Balaban J connectivity index is 3.07. The lowest BCUT2D eigenvalue weighted by Crippen LogP contribution is -2.32. The summed E-state index contributed by atoms with van der Waals surface area (Å²) in [5.74, 6) is 0. The minimum Gasteiger partial charge on any atom is -0.394 e. The van der Waals surface area contributed by atoms with Crippen molar-refractivity contribution in [3.63, 3.8) is 0 Å². The number of hydrogen-bond donors (Lipinski definition) is 2. The average molecular weight is 230 g/mol. The second-order valence-corrected chi connectivity index (χ2v) is 3.95. The highest BCUT2D eigenvalue weighted by Gasteiger charge is 2.14. The van der Waals surface area contributed by atoms with Crippen LogP contribution in [0.2, 0.25) is 5.02 Å². The van der Waals surface area contributed by atoms with Crippen molar-refractivity contribution in [2.24, 2.45) is 0 Å². The molecule has 84 valence electrons. The van der Waals surface area contributed by atoms with Gasteiger partial charge in [0.05, 0.1) is 13.2 Å². The summed E-state index contributed by atoms with van der Waals surface area (Å²) in [6, 6.07) is 5.45. The molecule has 0 bridgehead atoms. The second kappa shape index (κ2) is 5.35. The Kier molecular flexibility index (Phi) is 4.39. The zero-order valence-electron chi connectivity index (χ0n) is 8.94. The number of halogens is 1. The van der Waals surface area contributed by atoms with Crippen LogP contribution in [0.25, 0.3) is 0 Å². The molecule has 0 amide bonds. The molecule has 0 aliphatic carbocycles. The van der Waals surface area contributed by atoms with Gasteiger partial charge >= 0.3 is 0 Å². The number of rotatable bonds is 4. The molecule has 2 N–H and O–H groups in total. The van der Waals surface area contributed by atoms with Gasteiger partial charge in [-0.1, -0.05) is 17.7 Å². The second-order valence-electron chi connectivity index (χ2n) is 3.54. The lowest BCUT2D eigenvalue weighted by Gasteiger charge is -2.27. The van der Waals surface area contributed by atoms with Crippen LogP contribution >= 0.6 is 11.6 Å². The van der Waals surface area contributed by atoms with E-state index in [2.05, 4.69) is 0 Å². The zero-order chi connectivity index (χ0) is 11.4. The van der Waals surface area contributed by atoms with E-state index >= 15 is 0 Å². The minimum absolute atomic E-state index is 0.00577.